The third-order valence-electron chi connectivity index (χ3n) is 6.39. The molecule has 2 aromatic heterocycles. The Morgan fingerprint density at radius 3 is 2.69 bits per heavy atom. The minimum Gasteiger partial charge on any atom is -0.355 e. The highest BCUT2D eigenvalue weighted by molar-refractivity contribution is 7.17. The molecule has 156 valence electrons. The number of carbonyl (C=O) groups excluding carboxylic acids is 2. The van der Waals surface area contributed by atoms with E-state index in [1.54, 1.807) is 36.7 Å². The van der Waals surface area contributed by atoms with Crippen molar-refractivity contribution in [3.63, 3.8) is 0 Å². The van der Waals surface area contributed by atoms with Gasteiger partial charge in [0.1, 0.15) is 12.1 Å². The van der Waals surface area contributed by atoms with Crippen molar-refractivity contribution in [3.8, 4) is 0 Å². The maximum Gasteiger partial charge on any atom is 0.223 e. The van der Waals surface area contributed by atoms with Gasteiger partial charge in [0.15, 0.2) is 0 Å². The number of nitrogens with zero attached hydrogens (tertiary/aromatic N) is 5. The summed E-state index contributed by atoms with van der Waals surface area (Å²) in [5.74, 6) is 1.17. The zero-order chi connectivity index (χ0) is 20.4. The molecule has 7 nitrogen and oxygen atoms in total. The lowest BCUT2D eigenvalue weighted by Crippen LogP contribution is -2.48. The molecule has 0 bridgehead atoms. The quantitative estimate of drug-likeness (QED) is 0.768. The van der Waals surface area contributed by atoms with Crippen molar-refractivity contribution in [3.05, 3.63) is 17.8 Å². The summed E-state index contributed by atoms with van der Waals surface area (Å²) in [6, 6.07) is 2.04. The maximum atomic E-state index is 13.0. The highest BCUT2D eigenvalue weighted by atomic mass is 32.1. The summed E-state index contributed by atoms with van der Waals surface area (Å²) >= 11 is 1.69. The van der Waals surface area contributed by atoms with Gasteiger partial charge in [-0.25, -0.2) is 9.97 Å². The number of carbonyl (C=O) groups is 2. The molecular weight excluding hydrogens is 386 g/mol. The number of hydrogen-bond donors (Lipinski definition) is 0. The van der Waals surface area contributed by atoms with Gasteiger partial charge >= 0.3 is 0 Å². The molecule has 2 fully saturated rings. The van der Waals surface area contributed by atoms with Gasteiger partial charge in [-0.15, -0.1) is 11.3 Å². The summed E-state index contributed by atoms with van der Waals surface area (Å²) in [5.41, 5.74) is 0.941. The molecule has 0 aliphatic carbocycles. The van der Waals surface area contributed by atoms with Crippen LogP contribution in [0.2, 0.25) is 0 Å². The number of anilines is 1. The molecule has 0 N–H and O–H groups in total. The lowest BCUT2D eigenvalue weighted by Gasteiger charge is -2.38. The van der Waals surface area contributed by atoms with E-state index in [0.717, 1.165) is 67.8 Å². The van der Waals surface area contributed by atoms with Crippen molar-refractivity contribution in [1.82, 2.24) is 19.8 Å². The molecule has 8 heteroatoms. The number of fused-ring (bicyclic) bond motifs is 1. The van der Waals surface area contributed by atoms with Gasteiger partial charge in [-0.2, -0.15) is 0 Å². The first-order valence-corrected chi connectivity index (χ1v) is 11.3. The van der Waals surface area contributed by atoms with Crippen LogP contribution in [0.5, 0.6) is 0 Å². The van der Waals surface area contributed by atoms with Gasteiger partial charge < -0.3 is 14.7 Å². The molecule has 2 aromatic rings. The average molecular weight is 416 g/mol. The van der Waals surface area contributed by atoms with Crippen LogP contribution in [0.1, 0.15) is 44.9 Å². The molecule has 2 aliphatic rings. The second-order valence-electron chi connectivity index (χ2n) is 8.33. The second kappa shape index (κ2) is 8.26. The van der Waals surface area contributed by atoms with Gasteiger partial charge in [-0.05, 0) is 43.6 Å². The summed E-state index contributed by atoms with van der Waals surface area (Å²) in [4.78, 5) is 39.8. The van der Waals surface area contributed by atoms with E-state index in [1.807, 2.05) is 6.07 Å². The number of rotatable bonds is 4. The molecule has 1 spiro atoms. The third kappa shape index (κ3) is 3.95. The molecule has 1 unspecified atom stereocenters. The Bertz CT molecular complexity index is 898. The molecule has 29 heavy (non-hydrogen) atoms. The van der Waals surface area contributed by atoms with Crippen molar-refractivity contribution in [2.75, 3.05) is 38.6 Å². The Morgan fingerprint density at radius 2 is 1.90 bits per heavy atom. The fraction of sp³-hybridized carbons (Fsp3) is 0.619. The Hall–Kier alpha value is -2.22. The maximum absolute atomic E-state index is 13.0. The van der Waals surface area contributed by atoms with Crippen molar-refractivity contribution >= 4 is 39.2 Å². The van der Waals surface area contributed by atoms with Crippen LogP contribution in [0.4, 0.5) is 5.82 Å². The fourth-order valence-corrected chi connectivity index (χ4v) is 5.67. The number of aromatic nitrogens is 2. The first kappa shape index (κ1) is 20.1. The van der Waals surface area contributed by atoms with Crippen LogP contribution < -0.4 is 4.90 Å². The third-order valence-corrected chi connectivity index (χ3v) is 7.29. The van der Waals surface area contributed by atoms with Crippen molar-refractivity contribution < 1.29 is 9.59 Å². The Balaban J connectivity index is 1.47. The molecule has 4 rings (SSSR count). The van der Waals surface area contributed by atoms with Gasteiger partial charge in [0.2, 0.25) is 11.8 Å². The minimum atomic E-state index is -0.0609. The summed E-state index contributed by atoms with van der Waals surface area (Å²) in [6.45, 7) is 2.66. The Kier molecular flexibility index (Phi) is 5.72. The fourth-order valence-electron chi connectivity index (χ4n) is 4.81. The van der Waals surface area contributed by atoms with Gasteiger partial charge in [0.05, 0.1) is 10.2 Å². The van der Waals surface area contributed by atoms with Crippen LogP contribution in [0.3, 0.4) is 0 Å². The van der Waals surface area contributed by atoms with E-state index >= 15 is 0 Å². The molecule has 2 saturated heterocycles. The monoisotopic (exact) mass is 415 g/mol. The SMILES string of the molecule is CN(C)C(=O)CCC(=O)N1CCCC12CCCN(c1ncnc3ccsc13)CC2. The van der Waals surface area contributed by atoms with E-state index in [-0.39, 0.29) is 17.4 Å². The van der Waals surface area contributed by atoms with Crippen LogP contribution in [0.25, 0.3) is 10.2 Å². The number of amides is 2. The smallest absolute Gasteiger partial charge is 0.223 e. The summed E-state index contributed by atoms with van der Waals surface area (Å²) in [6.07, 6.45) is 7.39. The van der Waals surface area contributed by atoms with Crippen LogP contribution in [-0.2, 0) is 9.59 Å². The highest BCUT2D eigenvalue weighted by Crippen LogP contribution is 2.40. The molecule has 0 radical (unpaired) electrons. The number of thiophene rings is 1. The lowest BCUT2D eigenvalue weighted by molar-refractivity contribution is -0.139. The highest BCUT2D eigenvalue weighted by Gasteiger charge is 2.44. The second-order valence-corrected chi connectivity index (χ2v) is 9.25. The Morgan fingerprint density at radius 1 is 1.10 bits per heavy atom. The van der Waals surface area contributed by atoms with E-state index in [0.29, 0.717) is 12.8 Å². The predicted octanol–water partition coefficient (Wildman–Crippen LogP) is 2.91. The van der Waals surface area contributed by atoms with E-state index in [1.165, 1.54) is 0 Å². The number of hydrogen-bond acceptors (Lipinski definition) is 6. The molecule has 0 aromatic carbocycles. The van der Waals surface area contributed by atoms with Crippen molar-refractivity contribution in [1.29, 1.82) is 0 Å². The van der Waals surface area contributed by atoms with Crippen LogP contribution >= 0.6 is 11.3 Å². The molecular formula is C21H29N5O2S. The zero-order valence-electron chi connectivity index (χ0n) is 17.3. The largest absolute Gasteiger partial charge is 0.355 e. The van der Waals surface area contributed by atoms with Crippen molar-refractivity contribution in [2.45, 2.75) is 50.5 Å². The van der Waals surface area contributed by atoms with Gasteiger partial charge in [-0.3, -0.25) is 9.59 Å². The van der Waals surface area contributed by atoms with Crippen LogP contribution in [-0.4, -0.2) is 70.9 Å². The summed E-state index contributed by atoms with van der Waals surface area (Å²) in [5, 5.41) is 2.06. The van der Waals surface area contributed by atoms with Crippen LogP contribution in [0.15, 0.2) is 17.8 Å². The van der Waals surface area contributed by atoms with E-state index in [9.17, 15) is 9.59 Å². The van der Waals surface area contributed by atoms with Crippen molar-refractivity contribution in [2.24, 2.45) is 0 Å². The zero-order valence-corrected chi connectivity index (χ0v) is 18.1. The summed E-state index contributed by atoms with van der Waals surface area (Å²) < 4.78 is 1.14. The van der Waals surface area contributed by atoms with Gasteiger partial charge in [0, 0.05) is 52.1 Å². The van der Waals surface area contributed by atoms with E-state index < -0.39 is 0 Å². The standard InChI is InChI=1S/C21H29N5O2S/c1-24(2)17(27)5-6-18(28)26-12-4-9-21(26)8-3-11-25(13-10-21)20-19-16(7-14-29-19)22-15-23-20/h7,14-15H,3-6,8-13H2,1-2H3. The van der Waals surface area contributed by atoms with Gasteiger partial charge in [-0.1, -0.05) is 0 Å². The first-order valence-electron chi connectivity index (χ1n) is 10.4. The van der Waals surface area contributed by atoms with Gasteiger partial charge in [0.25, 0.3) is 0 Å². The summed E-state index contributed by atoms with van der Waals surface area (Å²) in [7, 11) is 3.48. The molecule has 2 amide bonds. The average Bonchev–Trinajstić information content (AvgIpc) is 3.29. The molecule has 2 aliphatic heterocycles. The Labute approximate surface area is 175 Å². The minimum absolute atomic E-state index is 0.0161. The topological polar surface area (TPSA) is 69.6 Å². The number of likely N-dealkylation sites (tertiary alicyclic amines) is 1. The predicted molar refractivity (Wildman–Crippen MR) is 115 cm³/mol. The molecule has 1 atom stereocenters. The normalized spacial score (nSPS) is 22.3. The first-order chi connectivity index (χ1) is 14.0. The molecule has 0 saturated carbocycles. The molecule has 4 heterocycles. The van der Waals surface area contributed by atoms with Crippen LogP contribution in [0, 0.1) is 0 Å². The van der Waals surface area contributed by atoms with E-state index in [4.69, 9.17) is 0 Å². The lowest BCUT2D eigenvalue weighted by atomic mass is 9.87. The van der Waals surface area contributed by atoms with E-state index in [2.05, 4.69) is 25.1 Å².